The molecule has 5 amide bonds. The number of rotatable bonds is 33. The molecule has 10 aliphatic heterocycles. The average Bonchev–Trinajstić information content (AvgIpc) is 0.755. The molecular formula is C70H117N5O51. The van der Waals surface area contributed by atoms with E-state index in [1.54, 1.807) is 0 Å². The molecule has 10 rings (SSSR count). The highest BCUT2D eigenvalue weighted by Crippen LogP contribution is 2.42. The molecule has 56 nitrogen and oxygen atoms in total. The number of aliphatic hydroxyl groups excluding tert-OH is 27. The Balaban J connectivity index is 1.11. The summed E-state index contributed by atoms with van der Waals surface area (Å²) in [6.07, 6.45) is -98.7. The quantitative estimate of drug-likeness (QED) is 0.0290. The summed E-state index contributed by atoms with van der Waals surface area (Å²) < 4.78 is 116. The van der Waals surface area contributed by atoms with Crippen LogP contribution in [-0.4, -0.2) is 540 Å². The lowest BCUT2D eigenvalue weighted by Gasteiger charge is -2.53. The second kappa shape index (κ2) is 45.5. The summed E-state index contributed by atoms with van der Waals surface area (Å²) in [6, 6.07) is -9.83. The van der Waals surface area contributed by atoms with Crippen LogP contribution in [-0.2, 0) is 114 Å². The van der Waals surface area contributed by atoms with Gasteiger partial charge in [-0.1, -0.05) is 0 Å². The van der Waals surface area contributed by atoms with Gasteiger partial charge in [-0.2, -0.15) is 0 Å². The zero-order chi connectivity index (χ0) is 92.8. The number of nitrogens with one attached hydrogen (secondary N) is 5. The SMILES string of the molecule is CC(=O)N[C@@H]1[C@@H](O)[C@H](O[C@@H]2O[C@H](CO)[C@@H](O[C@@H]3O[C@H](CO[C@H]4O[C@H](CO)[C@@H](O)[C@H](O[C@H]5O[C@H](CO)[C@@H](O)[C@H](O)[C@@H]5O)[C@@H]4O)[C@@H](O[C@@H]4O[C@H](CO)[C@@H](O)[C@H](O)[C@H]4NC(C)=O)[C@H](O[C@H]4O[C@H](CO)[C@@H](O[C@@H]5O[C@H](CO)[C@@H](O[C@@H]6O[C@H](CO)[C@H](O)[C@H](O)[C@H]6O)[C@H](O)[C@H]5NC(C)=O)[C@H](O)[C@@H]4O[C@@H]4O[C@H](CO)[C@@H](O)[C@H](O)[C@H]4NC(C)=O)[C@H]3O)[C@H](O)[C@H]2NC(C)=O)[C@@H](CO)O[C@H]1O. The van der Waals surface area contributed by atoms with Crippen LogP contribution in [0.2, 0.25) is 0 Å². The average molecular weight is 1840 g/mol. The Morgan fingerprint density at radius 3 is 0.833 bits per heavy atom. The molecule has 0 unspecified atom stereocenters. The third-order valence-electron chi connectivity index (χ3n) is 22.9. The normalized spacial score (nSPS) is 48.4. The maximum atomic E-state index is 13.5. The van der Waals surface area contributed by atoms with Crippen LogP contribution in [0.3, 0.4) is 0 Å². The van der Waals surface area contributed by atoms with Crippen molar-refractivity contribution in [1.82, 2.24) is 26.6 Å². The van der Waals surface area contributed by atoms with E-state index in [2.05, 4.69) is 26.6 Å². The van der Waals surface area contributed by atoms with Gasteiger partial charge in [-0.15, -0.1) is 0 Å². The minimum atomic E-state index is -2.81. The Bertz CT molecular complexity index is 3440. The summed E-state index contributed by atoms with van der Waals surface area (Å²) in [4.78, 5) is 65.0. The van der Waals surface area contributed by atoms with Gasteiger partial charge in [-0.3, -0.25) is 24.0 Å². The number of amides is 5. The molecule has 728 valence electrons. The summed E-state index contributed by atoms with van der Waals surface area (Å²) in [7, 11) is 0. The topological polar surface area (TPSA) is 867 Å². The summed E-state index contributed by atoms with van der Waals surface area (Å²) >= 11 is 0. The van der Waals surface area contributed by atoms with E-state index in [1.807, 2.05) is 0 Å². The van der Waals surface area contributed by atoms with E-state index in [1.165, 1.54) is 0 Å². The van der Waals surface area contributed by atoms with Gasteiger partial charge in [0.25, 0.3) is 0 Å². The van der Waals surface area contributed by atoms with Crippen molar-refractivity contribution in [2.24, 2.45) is 0 Å². The van der Waals surface area contributed by atoms with Crippen molar-refractivity contribution >= 4 is 29.5 Å². The lowest BCUT2D eigenvalue weighted by Crippen LogP contribution is -2.72. The van der Waals surface area contributed by atoms with Crippen LogP contribution in [0.5, 0.6) is 0 Å². The number of ether oxygens (including phenoxy) is 19. The molecule has 0 spiro atoms. The molecule has 10 saturated heterocycles. The first kappa shape index (κ1) is 104. The number of hydrogen-bond acceptors (Lipinski definition) is 51. The summed E-state index contributed by atoms with van der Waals surface area (Å²) in [5.74, 6) is -4.84. The summed E-state index contributed by atoms with van der Waals surface area (Å²) in [6.45, 7) is -7.24. The van der Waals surface area contributed by atoms with Crippen molar-refractivity contribution in [3.8, 4) is 0 Å². The minimum absolute atomic E-state index is 0.825. The molecule has 0 aromatic heterocycles. The maximum Gasteiger partial charge on any atom is 0.217 e. The van der Waals surface area contributed by atoms with Crippen molar-refractivity contribution in [3.05, 3.63) is 0 Å². The van der Waals surface area contributed by atoms with Crippen LogP contribution in [0, 0.1) is 0 Å². The zero-order valence-electron chi connectivity index (χ0n) is 67.8. The molecule has 0 radical (unpaired) electrons. The third-order valence-corrected chi connectivity index (χ3v) is 22.9. The minimum Gasteiger partial charge on any atom is -0.394 e. The molecule has 0 saturated carbocycles. The summed E-state index contributed by atoms with van der Waals surface area (Å²) in [5.41, 5.74) is 0. The van der Waals surface area contributed by atoms with Gasteiger partial charge in [0, 0.05) is 34.6 Å². The molecule has 0 bridgehead atoms. The lowest BCUT2D eigenvalue weighted by molar-refractivity contribution is -0.412. The highest BCUT2D eigenvalue weighted by molar-refractivity contribution is 5.75. The zero-order valence-corrected chi connectivity index (χ0v) is 67.8. The predicted octanol–water partition coefficient (Wildman–Crippen LogP) is -22.1. The fourth-order valence-electron chi connectivity index (χ4n) is 16.4. The number of aliphatic hydroxyl groups is 27. The van der Waals surface area contributed by atoms with E-state index in [0.29, 0.717) is 0 Å². The van der Waals surface area contributed by atoms with Crippen LogP contribution in [0.25, 0.3) is 0 Å². The fraction of sp³-hybridized carbons (Fsp3) is 0.929. The highest BCUT2D eigenvalue weighted by Gasteiger charge is 2.63. The van der Waals surface area contributed by atoms with Gasteiger partial charge in [0.1, 0.15) is 244 Å². The van der Waals surface area contributed by atoms with Crippen LogP contribution in [0.4, 0.5) is 0 Å². The molecule has 0 aliphatic carbocycles. The molecule has 0 aromatic carbocycles. The predicted molar refractivity (Wildman–Crippen MR) is 388 cm³/mol. The first-order valence-electron chi connectivity index (χ1n) is 40.1. The standard InChI is InChI=1S/C70H117N5O51/c1-16(85)71-31-43(97)53(26(11-81)109-61(31)107)119-64-34(74-19(4)88)45(99)55(28(13-83)115-64)122-69-52(106)59(57(123-62-32(72-17(2)86)41(95)36(90)21(6-76)110-62)30(118-69)15-108-66-51(105)58(40(94)25(10-80)112-66)124-68-49(103)47(101)39(93)24(9-79)114-68)125-70-60(126-63-33(73-18(3)87)42(96)37(91)22(7-77)111-63)50(104)56(29(14-84)117-70)120-65-35(75-20(5)89)44(98)54(27(12-82)116-65)121-67-48(102)46(100)38(92)23(8-78)113-67/h21-70,76-84,90-107H,6-15H2,1-5H3,(H,71,85)(H,72,86)(H,73,87)(H,74,88)(H,75,89)/t21-,22-,23-,24-,25-,26-,27-,28-,29-,30-,31-,32-,33-,34-,35-,36-,37-,38+,39-,40-,41-,42-,43-,44-,45-,46+,47+,48-,49+,50+,51+,52-,53-,54-,55-,56-,57-,58+,59-,60+,61-,62+,63+,64+,65+,66+,67+,68-,69+,70-/m1/s1. The van der Waals surface area contributed by atoms with Crippen molar-refractivity contribution in [2.45, 2.75) is 341 Å². The molecule has 126 heavy (non-hydrogen) atoms. The van der Waals surface area contributed by atoms with E-state index < -0.39 is 402 Å². The number of carbonyl (C=O) groups excluding carboxylic acids is 5. The molecule has 10 fully saturated rings. The molecule has 56 heteroatoms. The first-order chi connectivity index (χ1) is 59.6. The maximum absolute atomic E-state index is 13.5. The van der Waals surface area contributed by atoms with Gasteiger partial charge in [-0.05, 0) is 0 Å². The third kappa shape index (κ3) is 22.9. The van der Waals surface area contributed by atoms with E-state index in [4.69, 9.17) is 90.0 Å². The van der Waals surface area contributed by atoms with E-state index in [-0.39, 0.29) is 0 Å². The smallest absolute Gasteiger partial charge is 0.217 e. The molecule has 10 heterocycles. The Morgan fingerprint density at radius 1 is 0.206 bits per heavy atom. The molecule has 0 aromatic rings. The van der Waals surface area contributed by atoms with Crippen molar-refractivity contribution in [1.29, 1.82) is 0 Å². The van der Waals surface area contributed by atoms with E-state index in [9.17, 15) is 162 Å². The van der Waals surface area contributed by atoms with Gasteiger partial charge in [0.15, 0.2) is 62.9 Å². The Morgan fingerprint density at radius 2 is 0.452 bits per heavy atom. The van der Waals surface area contributed by atoms with Crippen LogP contribution >= 0.6 is 0 Å². The van der Waals surface area contributed by atoms with Gasteiger partial charge in [-0.25, -0.2) is 0 Å². The molecule has 32 N–H and O–H groups in total. The Labute approximate surface area is 713 Å². The Hall–Kier alpha value is -4.49. The fourth-order valence-corrected chi connectivity index (χ4v) is 16.4. The second-order valence-electron chi connectivity index (χ2n) is 31.7. The van der Waals surface area contributed by atoms with E-state index in [0.717, 1.165) is 34.6 Å². The van der Waals surface area contributed by atoms with Crippen molar-refractivity contribution in [2.75, 3.05) is 66.1 Å². The largest absolute Gasteiger partial charge is 0.394 e. The molecule has 10 aliphatic rings. The van der Waals surface area contributed by atoms with Crippen LogP contribution < -0.4 is 26.6 Å². The van der Waals surface area contributed by atoms with Crippen LogP contribution in [0.15, 0.2) is 0 Å². The van der Waals surface area contributed by atoms with Crippen LogP contribution in [0.1, 0.15) is 34.6 Å². The molecule has 50 atom stereocenters. The number of hydrogen-bond donors (Lipinski definition) is 32. The van der Waals surface area contributed by atoms with Gasteiger partial charge < -0.3 is 254 Å². The Kier molecular flexibility index (Phi) is 37.4. The monoisotopic (exact) mass is 1840 g/mol. The van der Waals surface area contributed by atoms with Crippen molar-refractivity contribution in [3.63, 3.8) is 0 Å². The number of carbonyl (C=O) groups is 5. The van der Waals surface area contributed by atoms with Gasteiger partial charge >= 0.3 is 0 Å². The highest BCUT2D eigenvalue weighted by atomic mass is 16.8. The lowest BCUT2D eigenvalue weighted by atomic mass is 9.93. The second-order valence-corrected chi connectivity index (χ2v) is 31.7. The molecular weight excluding hydrogens is 1730 g/mol. The van der Waals surface area contributed by atoms with Gasteiger partial charge in [0.05, 0.1) is 66.1 Å². The summed E-state index contributed by atoms with van der Waals surface area (Å²) in [5, 5.41) is 316. The van der Waals surface area contributed by atoms with Crippen molar-refractivity contribution < 1.29 is 252 Å². The first-order valence-corrected chi connectivity index (χ1v) is 40.1. The van der Waals surface area contributed by atoms with Gasteiger partial charge in [0.2, 0.25) is 29.5 Å². The van der Waals surface area contributed by atoms with E-state index >= 15 is 0 Å².